The number of aromatic hydroxyl groups is 1. The van der Waals surface area contributed by atoms with Crippen LogP contribution in [0, 0.1) is 27.7 Å². The van der Waals surface area contributed by atoms with Crippen molar-refractivity contribution in [2.45, 2.75) is 202 Å². The van der Waals surface area contributed by atoms with Gasteiger partial charge in [0.2, 0.25) is 5.79 Å². The van der Waals surface area contributed by atoms with Gasteiger partial charge < -0.3 is 19.7 Å². The molecule has 0 radical (unpaired) electrons. The van der Waals surface area contributed by atoms with Crippen molar-refractivity contribution < 1.29 is 19.7 Å². The van der Waals surface area contributed by atoms with Crippen molar-refractivity contribution in [3.05, 3.63) is 76.9 Å². The normalized spacial score (nSPS) is 13.1. The first-order chi connectivity index (χ1) is 29.1. The largest absolute Gasteiger partial charge is 0.507 e. The number of nitrogens with zero attached hydrogens (tertiary/aromatic N) is 3. The Morgan fingerprint density at radius 2 is 0.917 bits per heavy atom. The minimum absolute atomic E-state index is 0.0133. The number of aliphatic hydroxyl groups is 1. The zero-order valence-electron chi connectivity index (χ0n) is 38.6. The molecule has 0 amide bonds. The van der Waals surface area contributed by atoms with Crippen LogP contribution in [-0.4, -0.2) is 43.7 Å². The molecule has 7 heteroatoms. The number of phenolic OH excluding ortho intramolecular Hbond substituents is 1. The fraction of sp³-hybridized carbons (Fsp3) is 0.604. The van der Waals surface area contributed by atoms with Crippen molar-refractivity contribution in [3.8, 4) is 45.7 Å². The van der Waals surface area contributed by atoms with Crippen LogP contribution >= 0.6 is 0 Å². The molecule has 2 atom stereocenters. The molecule has 3 aromatic carbocycles. The summed E-state index contributed by atoms with van der Waals surface area (Å²) < 4.78 is 13.3. The van der Waals surface area contributed by atoms with Crippen LogP contribution in [0.25, 0.3) is 34.2 Å². The summed E-state index contributed by atoms with van der Waals surface area (Å²) in [5.41, 5.74) is 6.77. The van der Waals surface area contributed by atoms with Gasteiger partial charge in [0.1, 0.15) is 17.6 Å². The molecule has 0 aliphatic rings. The average Bonchev–Trinajstić information content (AvgIpc) is 3.21. The summed E-state index contributed by atoms with van der Waals surface area (Å²) in [6.45, 7) is 15.1. The molecule has 1 heterocycles. The molecular formula is C53H79N3O4. The van der Waals surface area contributed by atoms with Gasteiger partial charge in [0.15, 0.2) is 17.5 Å². The molecule has 0 fully saturated rings. The van der Waals surface area contributed by atoms with Crippen molar-refractivity contribution in [1.82, 2.24) is 15.0 Å². The van der Waals surface area contributed by atoms with Gasteiger partial charge in [0, 0.05) is 23.6 Å². The van der Waals surface area contributed by atoms with Gasteiger partial charge >= 0.3 is 0 Å². The number of benzene rings is 3. The second kappa shape index (κ2) is 26.5. The Hall–Kier alpha value is -3.81. The van der Waals surface area contributed by atoms with Gasteiger partial charge in [-0.3, -0.25) is 0 Å². The number of unbranched alkanes of at least 4 members (excludes halogenated alkanes) is 19. The molecule has 0 saturated heterocycles. The number of aliphatic hydroxyl groups excluding tert-OH is 1. The predicted molar refractivity (Wildman–Crippen MR) is 251 cm³/mol. The van der Waals surface area contributed by atoms with E-state index in [1.807, 2.05) is 18.2 Å². The molecule has 4 aromatic rings. The smallest absolute Gasteiger partial charge is 0.236 e. The number of aromatic nitrogens is 3. The number of phenols is 1. The Kier molecular flexibility index (Phi) is 21.6. The molecule has 2 unspecified atom stereocenters. The van der Waals surface area contributed by atoms with E-state index >= 15 is 0 Å². The highest BCUT2D eigenvalue weighted by Crippen LogP contribution is 2.37. The number of ether oxygens (including phenoxy) is 2. The van der Waals surface area contributed by atoms with Crippen LogP contribution < -0.4 is 4.74 Å². The third-order valence-corrected chi connectivity index (χ3v) is 12.0. The molecule has 0 bridgehead atoms. The lowest BCUT2D eigenvalue weighted by atomic mass is 10.00. The van der Waals surface area contributed by atoms with Crippen LogP contribution in [0.15, 0.2) is 54.6 Å². The van der Waals surface area contributed by atoms with E-state index in [9.17, 15) is 10.2 Å². The summed E-state index contributed by atoms with van der Waals surface area (Å²) in [6.07, 6.45) is 25.8. The van der Waals surface area contributed by atoms with Crippen molar-refractivity contribution in [3.63, 3.8) is 0 Å². The Labute approximate surface area is 364 Å². The highest BCUT2D eigenvalue weighted by Gasteiger charge is 2.39. The number of rotatable bonds is 30. The zero-order chi connectivity index (χ0) is 43.2. The lowest BCUT2D eigenvalue weighted by molar-refractivity contribution is -0.239. The van der Waals surface area contributed by atoms with E-state index in [1.165, 1.54) is 103 Å². The minimum atomic E-state index is -1.23. The van der Waals surface area contributed by atoms with Gasteiger partial charge in [-0.1, -0.05) is 183 Å². The second-order valence-electron chi connectivity index (χ2n) is 17.5. The molecule has 4 rings (SSSR count). The van der Waals surface area contributed by atoms with Crippen molar-refractivity contribution in [1.29, 1.82) is 0 Å². The van der Waals surface area contributed by atoms with Crippen LogP contribution in [0.5, 0.6) is 11.5 Å². The fourth-order valence-corrected chi connectivity index (χ4v) is 8.27. The molecule has 7 nitrogen and oxygen atoms in total. The van der Waals surface area contributed by atoms with Crippen LogP contribution in [0.2, 0.25) is 0 Å². The Bertz CT molecular complexity index is 1770. The average molecular weight is 822 g/mol. The van der Waals surface area contributed by atoms with Crippen molar-refractivity contribution in [2.24, 2.45) is 0 Å². The first-order valence-electron chi connectivity index (χ1n) is 23.8. The molecule has 1 aromatic heterocycles. The van der Waals surface area contributed by atoms with Gasteiger partial charge in [0.25, 0.3) is 0 Å². The van der Waals surface area contributed by atoms with Gasteiger partial charge in [-0.2, -0.15) is 0 Å². The molecular weight excluding hydrogens is 743 g/mol. The third kappa shape index (κ3) is 15.9. The molecule has 330 valence electrons. The van der Waals surface area contributed by atoms with Crippen LogP contribution in [0.3, 0.4) is 0 Å². The number of aryl methyl sites for hydroxylation is 4. The van der Waals surface area contributed by atoms with Crippen molar-refractivity contribution in [2.75, 3.05) is 6.61 Å². The SMILES string of the molecule is CCCCCCCCCCCCCOC(CCCCCCCCCCCC)(Oc1ccc(-c2nc(-c3ccc(C)cc3C)nc(-c3ccc(C)cc3C)n2)c(O)c1)C(C)O. The summed E-state index contributed by atoms with van der Waals surface area (Å²) in [6, 6.07) is 17.7. The van der Waals surface area contributed by atoms with Gasteiger partial charge in [-0.05, 0) is 70.7 Å². The van der Waals surface area contributed by atoms with E-state index in [-0.39, 0.29) is 5.75 Å². The van der Waals surface area contributed by atoms with Crippen LogP contribution in [-0.2, 0) is 4.74 Å². The minimum Gasteiger partial charge on any atom is -0.507 e. The maximum Gasteiger partial charge on any atom is 0.236 e. The maximum atomic E-state index is 11.7. The van der Waals surface area contributed by atoms with E-state index in [0.29, 0.717) is 41.8 Å². The highest BCUT2D eigenvalue weighted by molar-refractivity contribution is 5.72. The number of hydrogen-bond donors (Lipinski definition) is 2. The number of hydrogen-bond acceptors (Lipinski definition) is 7. The van der Waals surface area contributed by atoms with E-state index < -0.39 is 11.9 Å². The summed E-state index contributed by atoms with van der Waals surface area (Å²) in [5, 5.41) is 23.0. The van der Waals surface area contributed by atoms with E-state index in [4.69, 9.17) is 24.4 Å². The van der Waals surface area contributed by atoms with Gasteiger partial charge in [-0.15, -0.1) is 0 Å². The van der Waals surface area contributed by atoms with Crippen LogP contribution in [0.1, 0.15) is 184 Å². The second-order valence-corrected chi connectivity index (χ2v) is 17.5. The zero-order valence-corrected chi connectivity index (χ0v) is 38.6. The van der Waals surface area contributed by atoms with E-state index in [2.05, 4.69) is 65.8 Å². The third-order valence-electron chi connectivity index (χ3n) is 12.0. The maximum absolute atomic E-state index is 11.7. The molecule has 0 aliphatic heterocycles. The first-order valence-corrected chi connectivity index (χ1v) is 23.8. The van der Waals surface area contributed by atoms with Crippen molar-refractivity contribution >= 4 is 0 Å². The fourth-order valence-electron chi connectivity index (χ4n) is 8.27. The van der Waals surface area contributed by atoms with E-state index in [1.54, 1.807) is 19.1 Å². The molecule has 0 saturated carbocycles. The van der Waals surface area contributed by atoms with Crippen LogP contribution in [0.4, 0.5) is 0 Å². The molecule has 0 spiro atoms. The van der Waals surface area contributed by atoms with Gasteiger partial charge in [0.05, 0.1) is 12.2 Å². The molecule has 0 aliphatic carbocycles. The lowest BCUT2D eigenvalue weighted by Crippen LogP contribution is -2.49. The lowest BCUT2D eigenvalue weighted by Gasteiger charge is -2.37. The quantitative estimate of drug-likeness (QED) is 0.0399. The van der Waals surface area contributed by atoms with Gasteiger partial charge in [-0.25, -0.2) is 15.0 Å². The Morgan fingerprint density at radius 3 is 1.33 bits per heavy atom. The van der Waals surface area contributed by atoms with E-state index in [0.717, 1.165) is 65.5 Å². The predicted octanol–water partition coefficient (Wildman–Crippen LogP) is 14.9. The molecule has 60 heavy (non-hydrogen) atoms. The molecule has 2 N–H and O–H groups in total. The Morgan fingerprint density at radius 1 is 0.517 bits per heavy atom. The topological polar surface area (TPSA) is 97.6 Å². The summed E-state index contributed by atoms with van der Waals surface area (Å²) in [5.74, 6) is 0.660. The summed E-state index contributed by atoms with van der Waals surface area (Å²) >= 11 is 0. The first kappa shape index (κ1) is 48.9. The summed E-state index contributed by atoms with van der Waals surface area (Å²) in [4.78, 5) is 14.8. The highest BCUT2D eigenvalue weighted by atomic mass is 16.7. The summed E-state index contributed by atoms with van der Waals surface area (Å²) in [7, 11) is 0. The Balaban J connectivity index is 1.51. The monoisotopic (exact) mass is 822 g/mol. The standard InChI is InChI=1S/C53H79N3O4/c1-8-10-12-14-16-18-20-22-24-26-28-36-59-53(44(7)57,35-27-25-23-21-19-17-15-13-11-9-2)60-45-31-34-48(49(58)39-45)52-55-50(46-32-29-40(3)37-42(46)5)54-51(56-52)47-33-30-41(4)38-43(47)6/h29-34,37-39,44,57-58H,8-28,35-36H2,1-7H3.